The van der Waals surface area contributed by atoms with Gasteiger partial charge in [0.25, 0.3) is 0 Å². The van der Waals surface area contributed by atoms with E-state index in [1.165, 1.54) is 24.2 Å². The van der Waals surface area contributed by atoms with Crippen LogP contribution in [0.5, 0.6) is 0 Å². The molecular weight excluding hydrogens is 222 g/mol. The summed E-state index contributed by atoms with van der Waals surface area (Å²) < 4.78 is 0. The van der Waals surface area contributed by atoms with Crippen LogP contribution in [0.1, 0.15) is 25.0 Å². The molecule has 100 valence electrons. The summed E-state index contributed by atoms with van der Waals surface area (Å²) in [6.45, 7) is 11.3. The van der Waals surface area contributed by atoms with Crippen molar-refractivity contribution in [1.82, 2.24) is 9.80 Å². The summed E-state index contributed by atoms with van der Waals surface area (Å²) in [6, 6.07) is 6.34. The second kappa shape index (κ2) is 6.21. The van der Waals surface area contributed by atoms with Gasteiger partial charge in [-0.2, -0.15) is 0 Å². The highest BCUT2D eigenvalue weighted by Gasteiger charge is 2.16. The molecule has 0 atom stereocenters. The molecule has 1 heterocycles. The SMILES string of the molecule is CCN(CC)CCN1CCc2ccc(N)cc2C1. The molecule has 0 radical (unpaired) electrons. The lowest BCUT2D eigenvalue weighted by molar-refractivity contribution is 0.202. The van der Waals surface area contributed by atoms with Crippen molar-refractivity contribution in [3.8, 4) is 0 Å². The van der Waals surface area contributed by atoms with E-state index in [4.69, 9.17) is 5.73 Å². The molecule has 3 heteroatoms. The number of nitrogen functional groups attached to an aromatic ring is 1. The third kappa shape index (κ3) is 3.24. The van der Waals surface area contributed by atoms with E-state index in [-0.39, 0.29) is 0 Å². The smallest absolute Gasteiger partial charge is 0.0317 e. The second-order valence-electron chi connectivity index (χ2n) is 5.08. The van der Waals surface area contributed by atoms with Gasteiger partial charge >= 0.3 is 0 Å². The minimum atomic E-state index is 0.888. The van der Waals surface area contributed by atoms with Crippen LogP contribution in [-0.2, 0) is 13.0 Å². The van der Waals surface area contributed by atoms with E-state index in [9.17, 15) is 0 Å². The number of benzene rings is 1. The Balaban J connectivity index is 1.91. The molecule has 0 spiro atoms. The minimum Gasteiger partial charge on any atom is -0.399 e. The molecule has 3 nitrogen and oxygen atoms in total. The molecule has 0 saturated heterocycles. The molecule has 0 aromatic heterocycles. The van der Waals surface area contributed by atoms with Gasteiger partial charge in [0.2, 0.25) is 0 Å². The molecule has 0 aliphatic carbocycles. The maximum absolute atomic E-state index is 5.87. The molecule has 0 amide bonds. The predicted octanol–water partition coefficient (Wildman–Crippen LogP) is 1.97. The van der Waals surface area contributed by atoms with Gasteiger partial charge < -0.3 is 10.6 Å². The summed E-state index contributed by atoms with van der Waals surface area (Å²) in [7, 11) is 0. The minimum absolute atomic E-state index is 0.888. The lowest BCUT2D eigenvalue weighted by Gasteiger charge is -2.30. The Bertz CT molecular complexity index is 385. The summed E-state index contributed by atoms with van der Waals surface area (Å²) in [5.74, 6) is 0. The maximum atomic E-state index is 5.87. The Labute approximate surface area is 111 Å². The molecule has 1 aliphatic rings. The number of hydrogen-bond acceptors (Lipinski definition) is 3. The van der Waals surface area contributed by atoms with Crippen LogP contribution in [0.3, 0.4) is 0 Å². The van der Waals surface area contributed by atoms with Gasteiger partial charge in [0.05, 0.1) is 0 Å². The Hall–Kier alpha value is -1.06. The zero-order valence-electron chi connectivity index (χ0n) is 11.7. The van der Waals surface area contributed by atoms with Crippen molar-refractivity contribution in [2.45, 2.75) is 26.8 Å². The van der Waals surface area contributed by atoms with Crippen molar-refractivity contribution in [2.24, 2.45) is 0 Å². The molecule has 0 unspecified atom stereocenters. The monoisotopic (exact) mass is 247 g/mol. The van der Waals surface area contributed by atoms with E-state index in [0.717, 1.165) is 38.3 Å². The summed E-state index contributed by atoms with van der Waals surface area (Å²) in [5, 5.41) is 0. The van der Waals surface area contributed by atoms with Gasteiger partial charge in [-0.05, 0) is 42.8 Å². The lowest BCUT2D eigenvalue weighted by atomic mass is 9.99. The molecule has 2 N–H and O–H groups in total. The van der Waals surface area contributed by atoms with Crippen molar-refractivity contribution < 1.29 is 0 Å². The Kier molecular flexibility index (Phi) is 4.61. The molecular formula is C15H25N3. The summed E-state index contributed by atoms with van der Waals surface area (Å²) in [4.78, 5) is 5.02. The van der Waals surface area contributed by atoms with E-state index in [1.807, 2.05) is 6.07 Å². The average molecular weight is 247 g/mol. The number of likely N-dealkylation sites (N-methyl/N-ethyl adjacent to an activating group) is 1. The first-order valence-corrected chi connectivity index (χ1v) is 7.05. The number of nitrogens with zero attached hydrogens (tertiary/aromatic N) is 2. The molecule has 1 aromatic carbocycles. The van der Waals surface area contributed by atoms with Gasteiger partial charge in [0.1, 0.15) is 0 Å². The number of anilines is 1. The van der Waals surface area contributed by atoms with Crippen molar-refractivity contribution in [1.29, 1.82) is 0 Å². The third-order valence-corrected chi connectivity index (χ3v) is 3.95. The fourth-order valence-corrected chi connectivity index (χ4v) is 2.65. The normalized spacial score (nSPS) is 15.9. The second-order valence-corrected chi connectivity index (χ2v) is 5.08. The van der Waals surface area contributed by atoms with Crippen LogP contribution in [0.15, 0.2) is 18.2 Å². The quantitative estimate of drug-likeness (QED) is 0.807. The van der Waals surface area contributed by atoms with E-state index < -0.39 is 0 Å². The van der Waals surface area contributed by atoms with E-state index in [1.54, 1.807) is 0 Å². The lowest BCUT2D eigenvalue weighted by Crippen LogP contribution is -2.37. The zero-order valence-corrected chi connectivity index (χ0v) is 11.7. The third-order valence-electron chi connectivity index (χ3n) is 3.95. The van der Waals surface area contributed by atoms with Crippen molar-refractivity contribution in [2.75, 3.05) is 38.5 Å². The number of rotatable bonds is 5. The number of fused-ring (bicyclic) bond motifs is 1. The first-order valence-electron chi connectivity index (χ1n) is 7.05. The highest BCUT2D eigenvalue weighted by molar-refractivity contribution is 5.45. The largest absolute Gasteiger partial charge is 0.399 e. The summed E-state index contributed by atoms with van der Waals surface area (Å²) in [5.41, 5.74) is 9.65. The zero-order chi connectivity index (χ0) is 13.0. The van der Waals surface area contributed by atoms with Gasteiger partial charge in [-0.25, -0.2) is 0 Å². The van der Waals surface area contributed by atoms with Gasteiger partial charge in [-0.15, -0.1) is 0 Å². The molecule has 0 fully saturated rings. The van der Waals surface area contributed by atoms with Crippen LogP contribution >= 0.6 is 0 Å². The van der Waals surface area contributed by atoms with Crippen LogP contribution in [0.2, 0.25) is 0 Å². The van der Waals surface area contributed by atoms with Crippen LogP contribution in [0.4, 0.5) is 5.69 Å². The van der Waals surface area contributed by atoms with Crippen LogP contribution in [0, 0.1) is 0 Å². The van der Waals surface area contributed by atoms with Crippen LogP contribution in [0.25, 0.3) is 0 Å². The first-order chi connectivity index (χ1) is 8.72. The first kappa shape index (κ1) is 13.4. The average Bonchev–Trinajstić information content (AvgIpc) is 2.39. The van der Waals surface area contributed by atoms with E-state index >= 15 is 0 Å². The van der Waals surface area contributed by atoms with Crippen molar-refractivity contribution >= 4 is 5.69 Å². The van der Waals surface area contributed by atoms with E-state index in [2.05, 4.69) is 35.8 Å². The number of hydrogen-bond donors (Lipinski definition) is 1. The predicted molar refractivity (Wildman–Crippen MR) is 77.6 cm³/mol. The Morgan fingerprint density at radius 2 is 2.00 bits per heavy atom. The molecule has 18 heavy (non-hydrogen) atoms. The standard InChI is InChI=1S/C15H25N3/c1-3-17(4-2)9-10-18-8-7-13-5-6-15(16)11-14(13)12-18/h5-6,11H,3-4,7-10,12,16H2,1-2H3. The molecule has 2 rings (SSSR count). The van der Waals surface area contributed by atoms with Crippen molar-refractivity contribution in [3.63, 3.8) is 0 Å². The summed E-state index contributed by atoms with van der Waals surface area (Å²) in [6.07, 6.45) is 1.16. The Morgan fingerprint density at radius 3 is 2.72 bits per heavy atom. The van der Waals surface area contributed by atoms with Crippen LogP contribution in [-0.4, -0.2) is 42.5 Å². The topological polar surface area (TPSA) is 32.5 Å². The molecule has 1 aliphatic heterocycles. The van der Waals surface area contributed by atoms with E-state index in [0.29, 0.717) is 0 Å². The highest BCUT2D eigenvalue weighted by atomic mass is 15.2. The number of nitrogens with two attached hydrogens (primary N) is 1. The highest BCUT2D eigenvalue weighted by Crippen LogP contribution is 2.21. The fraction of sp³-hybridized carbons (Fsp3) is 0.600. The van der Waals surface area contributed by atoms with Crippen molar-refractivity contribution in [3.05, 3.63) is 29.3 Å². The Morgan fingerprint density at radius 1 is 1.22 bits per heavy atom. The van der Waals surface area contributed by atoms with Crippen LogP contribution < -0.4 is 5.73 Å². The molecule has 0 saturated carbocycles. The molecule has 1 aromatic rings. The van der Waals surface area contributed by atoms with Gasteiger partial charge in [-0.3, -0.25) is 4.90 Å². The van der Waals surface area contributed by atoms with Gasteiger partial charge in [0.15, 0.2) is 0 Å². The molecule has 0 bridgehead atoms. The maximum Gasteiger partial charge on any atom is 0.0317 e. The van der Waals surface area contributed by atoms with Gasteiger partial charge in [-0.1, -0.05) is 19.9 Å². The summed E-state index contributed by atoms with van der Waals surface area (Å²) >= 11 is 0. The van der Waals surface area contributed by atoms with Gasteiger partial charge in [0, 0.05) is 31.9 Å². The fourth-order valence-electron chi connectivity index (χ4n) is 2.65.